The molecular formula is C15H22O2. The quantitative estimate of drug-likeness (QED) is 0.653. The van der Waals surface area contributed by atoms with Crippen LogP contribution < -0.4 is 0 Å². The van der Waals surface area contributed by atoms with Crippen molar-refractivity contribution in [3.8, 4) is 11.5 Å². The predicted octanol–water partition coefficient (Wildman–Crippen LogP) is 4.61. The minimum Gasteiger partial charge on any atom is -0.507 e. The molecule has 2 nitrogen and oxygen atoms in total. The Morgan fingerprint density at radius 2 is 1.29 bits per heavy atom. The molecule has 0 unspecified atom stereocenters. The number of phenols is 2. The first-order chi connectivity index (χ1) is 8.20. The highest BCUT2D eigenvalue weighted by atomic mass is 16.3. The van der Waals surface area contributed by atoms with Crippen LogP contribution in [-0.2, 0) is 0 Å². The number of fused-ring (bicyclic) bond motifs is 1. The SMILES string of the molecule is CC.CC.Cc1cc(O)c2ccccc2c1O. The van der Waals surface area contributed by atoms with E-state index < -0.39 is 0 Å². The molecular weight excluding hydrogens is 212 g/mol. The van der Waals surface area contributed by atoms with Gasteiger partial charge in [-0.2, -0.15) is 0 Å². The van der Waals surface area contributed by atoms with Gasteiger partial charge in [0.25, 0.3) is 0 Å². The second kappa shape index (κ2) is 7.55. The first kappa shape index (κ1) is 15.3. The van der Waals surface area contributed by atoms with Crippen LogP contribution in [0.1, 0.15) is 33.3 Å². The highest BCUT2D eigenvalue weighted by molar-refractivity contribution is 5.93. The molecule has 0 spiro atoms. The molecule has 2 heteroatoms. The van der Waals surface area contributed by atoms with E-state index in [2.05, 4.69) is 0 Å². The Balaban J connectivity index is 0.000000581. The second-order valence-electron chi connectivity index (χ2n) is 3.11. The molecule has 0 aromatic heterocycles. The van der Waals surface area contributed by atoms with Gasteiger partial charge in [-0.3, -0.25) is 0 Å². The summed E-state index contributed by atoms with van der Waals surface area (Å²) in [5.74, 6) is 0.458. The summed E-state index contributed by atoms with van der Waals surface area (Å²) in [7, 11) is 0. The summed E-state index contributed by atoms with van der Waals surface area (Å²) in [5, 5.41) is 20.6. The third-order valence-electron chi connectivity index (χ3n) is 2.18. The molecule has 94 valence electrons. The number of aromatic hydroxyl groups is 2. The lowest BCUT2D eigenvalue weighted by atomic mass is 10.1. The van der Waals surface area contributed by atoms with Gasteiger partial charge in [-0.25, -0.2) is 0 Å². The average molecular weight is 234 g/mol. The maximum absolute atomic E-state index is 9.67. The molecule has 0 atom stereocenters. The fourth-order valence-corrected chi connectivity index (χ4v) is 1.48. The van der Waals surface area contributed by atoms with Crippen molar-refractivity contribution in [2.75, 3.05) is 0 Å². The van der Waals surface area contributed by atoms with Gasteiger partial charge in [0.05, 0.1) is 0 Å². The van der Waals surface area contributed by atoms with Crippen molar-refractivity contribution in [2.24, 2.45) is 0 Å². The van der Waals surface area contributed by atoms with Gasteiger partial charge in [-0.05, 0) is 18.6 Å². The highest BCUT2D eigenvalue weighted by Gasteiger charge is 2.06. The first-order valence-electron chi connectivity index (χ1n) is 6.10. The van der Waals surface area contributed by atoms with Crippen LogP contribution in [0.5, 0.6) is 11.5 Å². The summed E-state index contributed by atoms with van der Waals surface area (Å²) in [5.41, 5.74) is 0.691. The zero-order valence-corrected chi connectivity index (χ0v) is 11.3. The smallest absolute Gasteiger partial charge is 0.126 e. The van der Waals surface area contributed by atoms with Crippen LogP contribution in [0.3, 0.4) is 0 Å². The largest absolute Gasteiger partial charge is 0.507 e. The molecule has 0 fully saturated rings. The Morgan fingerprint density at radius 3 is 1.82 bits per heavy atom. The normalized spacial score (nSPS) is 8.76. The van der Waals surface area contributed by atoms with Crippen LogP contribution in [0, 0.1) is 6.92 Å². The van der Waals surface area contributed by atoms with Crippen LogP contribution in [-0.4, -0.2) is 10.2 Å². The molecule has 0 aliphatic heterocycles. The Kier molecular flexibility index (Phi) is 6.80. The van der Waals surface area contributed by atoms with Gasteiger partial charge in [-0.1, -0.05) is 52.0 Å². The summed E-state index contributed by atoms with van der Waals surface area (Å²) in [6.45, 7) is 9.77. The number of hydrogen-bond acceptors (Lipinski definition) is 2. The standard InChI is InChI=1S/C11H10O2.2C2H6/c1-7-6-10(12)8-4-2-3-5-9(8)11(7)13;2*1-2/h2-6,12-13H,1H3;2*1-2H3. The molecule has 0 bridgehead atoms. The maximum atomic E-state index is 9.67. The van der Waals surface area contributed by atoms with E-state index in [0.717, 1.165) is 0 Å². The lowest BCUT2D eigenvalue weighted by Gasteiger charge is -2.05. The zero-order chi connectivity index (χ0) is 13.4. The highest BCUT2D eigenvalue weighted by Crippen LogP contribution is 2.34. The summed E-state index contributed by atoms with van der Waals surface area (Å²) in [6.07, 6.45) is 0. The van der Waals surface area contributed by atoms with Gasteiger partial charge in [0.2, 0.25) is 0 Å². The zero-order valence-electron chi connectivity index (χ0n) is 11.3. The molecule has 17 heavy (non-hydrogen) atoms. The fourth-order valence-electron chi connectivity index (χ4n) is 1.48. The topological polar surface area (TPSA) is 40.5 Å². The lowest BCUT2D eigenvalue weighted by molar-refractivity contribution is 0.466. The van der Waals surface area contributed by atoms with E-state index in [1.807, 2.05) is 39.8 Å². The maximum Gasteiger partial charge on any atom is 0.126 e. The van der Waals surface area contributed by atoms with E-state index in [1.165, 1.54) is 0 Å². The summed E-state index contributed by atoms with van der Waals surface area (Å²) in [4.78, 5) is 0. The van der Waals surface area contributed by atoms with Gasteiger partial charge >= 0.3 is 0 Å². The molecule has 0 heterocycles. The number of phenolic OH excluding ortho intramolecular Hbond substituents is 2. The van der Waals surface area contributed by atoms with Crippen molar-refractivity contribution >= 4 is 10.8 Å². The molecule has 0 aliphatic carbocycles. The molecule has 0 saturated heterocycles. The van der Waals surface area contributed by atoms with Gasteiger partial charge in [0.1, 0.15) is 11.5 Å². The van der Waals surface area contributed by atoms with Crippen molar-refractivity contribution in [1.29, 1.82) is 0 Å². The van der Waals surface area contributed by atoms with Crippen LogP contribution in [0.25, 0.3) is 10.8 Å². The monoisotopic (exact) mass is 234 g/mol. The van der Waals surface area contributed by atoms with Crippen molar-refractivity contribution in [2.45, 2.75) is 34.6 Å². The van der Waals surface area contributed by atoms with Crippen molar-refractivity contribution < 1.29 is 10.2 Å². The van der Waals surface area contributed by atoms with E-state index in [-0.39, 0.29) is 11.5 Å². The molecule has 0 saturated carbocycles. The van der Waals surface area contributed by atoms with E-state index >= 15 is 0 Å². The minimum absolute atomic E-state index is 0.214. The number of aryl methyl sites for hydroxylation is 1. The predicted molar refractivity (Wildman–Crippen MR) is 74.7 cm³/mol. The third kappa shape index (κ3) is 3.38. The van der Waals surface area contributed by atoms with Crippen molar-refractivity contribution in [1.82, 2.24) is 0 Å². The van der Waals surface area contributed by atoms with Gasteiger partial charge < -0.3 is 10.2 Å². The van der Waals surface area contributed by atoms with Crippen molar-refractivity contribution in [3.05, 3.63) is 35.9 Å². The van der Waals surface area contributed by atoms with Crippen LogP contribution in [0.4, 0.5) is 0 Å². The van der Waals surface area contributed by atoms with Gasteiger partial charge in [0.15, 0.2) is 0 Å². The Bertz CT molecular complexity index is 462. The molecule has 2 N–H and O–H groups in total. The first-order valence-corrected chi connectivity index (χ1v) is 6.10. The van der Waals surface area contributed by atoms with Crippen LogP contribution in [0.2, 0.25) is 0 Å². The number of hydrogen-bond donors (Lipinski definition) is 2. The van der Waals surface area contributed by atoms with Crippen molar-refractivity contribution in [3.63, 3.8) is 0 Å². The van der Waals surface area contributed by atoms with Gasteiger partial charge in [0, 0.05) is 10.8 Å². The van der Waals surface area contributed by atoms with Gasteiger partial charge in [-0.15, -0.1) is 0 Å². The molecule has 2 aromatic rings. The fraction of sp³-hybridized carbons (Fsp3) is 0.333. The van der Waals surface area contributed by atoms with E-state index in [0.29, 0.717) is 16.3 Å². The summed E-state index contributed by atoms with van der Waals surface area (Å²) in [6, 6.07) is 8.80. The molecule has 2 aromatic carbocycles. The van der Waals surface area contributed by atoms with E-state index in [1.54, 1.807) is 25.1 Å². The number of rotatable bonds is 0. The molecule has 0 amide bonds. The molecule has 0 radical (unpaired) electrons. The number of benzene rings is 2. The third-order valence-corrected chi connectivity index (χ3v) is 2.18. The Hall–Kier alpha value is -1.70. The van der Waals surface area contributed by atoms with E-state index in [9.17, 15) is 10.2 Å². The lowest BCUT2D eigenvalue weighted by Crippen LogP contribution is -1.79. The second-order valence-corrected chi connectivity index (χ2v) is 3.11. The molecule has 2 rings (SSSR count). The minimum atomic E-state index is 0.214. The van der Waals surface area contributed by atoms with E-state index in [4.69, 9.17) is 0 Å². The average Bonchev–Trinajstić information content (AvgIpc) is 2.41. The summed E-state index contributed by atoms with van der Waals surface area (Å²) >= 11 is 0. The van der Waals surface area contributed by atoms with Crippen LogP contribution in [0.15, 0.2) is 30.3 Å². The molecule has 0 aliphatic rings. The summed E-state index contributed by atoms with van der Waals surface area (Å²) < 4.78 is 0. The Morgan fingerprint density at radius 1 is 0.824 bits per heavy atom. The Labute approximate surface area is 104 Å². The van der Waals surface area contributed by atoms with Crippen LogP contribution >= 0.6 is 0 Å².